The molecule has 1 rings (SSSR count). The molecule has 0 aromatic heterocycles. The largest absolute Gasteiger partial charge is 0.393 e. The molecule has 3 nitrogen and oxygen atoms in total. The van der Waals surface area contributed by atoms with Crippen LogP contribution in [0, 0.1) is 11.8 Å². The smallest absolute Gasteiger partial charge is 0.0546 e. The number of aliphatic hydroxyl groups excluding tert-OH is 1. The van der Waals surface area contributed by atoms with Crippen molar-refractivity contribution < 1.29 is 5.11 Å². The normalized spacial score (nSPS) is 30.2. The van der Waals surface area contributed by atoms with Crippen molar-refractivity contribution in [1.82, 2.24) is 5.32 Å². The summed E-state index contributed by atoms with van der Waals surface area (Å²) in [6.45, 7) is 6.07. The molecule has 0 bridgehead atoms. The molecule has 0 saturated heterocycles. The fraction of sp³-hybridized carbons (Fsp3) is 1.00. The van der Waals surface area contributed by atoms with Crippen LogP contribution >= 0.6 is 0 Å². The van der Waals surface area contributed by atoms with E-state index in [1.54, 1.807) is 0 Å². The zero-order valence-electron chi connectivity index (χ0n) is 8.66. The Morgan fingerprint density at radius 1 is 1.46 bits per heavy atom. The third-order valence-electron chi connectivity index (χ3n) is 2.94. The minimum absolute atomic E-state index is 0.0397. The molecule has 0 heterocycles. The SMILES string of the molecule is CC(C)C(CN)NCC1CC(O)C1. The summed E-state index contributed by atoms with van der Waals surface area (Å²) < 4.78 is 0. The van der Waals surface area contributed by atoms with Crippen molar-refractivity contribution in [2.75, 3.05) is 13.1 Å². The number of rotatable bonds is 5. The molecule has 0 aromatic carbocycles. The van der Waals surface area contributed by atoms with Crippen molar-refractivity contribution in [3.8, 4) is 0 Å². The summed E-state index contributed by atoms with van der Waals surface area (Å²) in [5.74, 6) is 1.26. The Hall–Kier alpha value is -0.120. The lowest BCUT2D eigenvalue weighted by molar-refractivity contribution is 0.0413. The summed E-state index contributed by atoms with van der Waals surface area (Å²) in [5, 5.41) is 12.6. The second kappa shape index (κ2) is 4.94. The Kier molecular flexibility index (Phi) is 4.16. The second-order valence-electron chi connectivity index (χ2n) is 4.49. The van der Waals surface area contributed by atoms with E-state index in [2.05, 4.69) is 19.2 Å². The highest BCUT2D eigenvalue weighted by Crippen LogP contribution is 2.26. The van der Waals surface area contributed by atoms with Crippen LogP contribution in [0.1, 0.15) is 26.7 Å². The van der Waals surface area contributed by atoms with Gasteiger partial charge in [0.2, 0.25) is 0 Å². The first-order valence-electron chi connectivity index (χ1n) is 5.25. The van der Waals surface area contributed by atoms with E-state index >= 15 is 0 Å². The molecule has 0 spiro atoms. The standard InChI is InChI=1S/C10H22N2O/c1-7(2)10(5-11)12-6-8-3-9(13)4-8/h7-10,12-13H,3-6,11H2,1-2H3. The lowest BCUT2D eigenvalue weighted by Gasteiger charge is -2.33. The molecule has 1 aliphatic carbocycles. The third kappa shape index (κ3) is 3.25. The van der Waals surface area contributed by atoms with Crippen molar-refractivity contribution in [2.45, 2.75) is 38.8 Å². The van der Waals surface area contributed by atoms with Gasteiger partial charge in [-0.1, -0.05) is 13.8 Å². The maximum atomic E-state index is 9.10. The zero-order valence-corrected chi connectivity index (χ0v) is 8.66. The molecule has 4 N–H and O–H groups in total. The van der Waals surface area contributed by atoms with Gasteiger partial charge in [-0.15, -0.1) is 0 Å². The molecule has 1 unspecified atom stereocenters. The van der Waals surface area contributed by atoms with Crippen molar-refractivity contribution in [1.29, 1.82) is 0 Å². The molecule has 3 heteroatoms. The van der Waals surface area contributed by atoms with Crippen LogP contribution in [0.4, 0.5) is 0 Å². The minimum atomic E-state index is -0.0397. The summed E-state index contributed by atoms with van der Waals surface area (Å²) >= 11 is 0. The van der Waals surface area contributed by atoms with Crippen molar-refractivity contribution in [2.24, 2.45) is 17.6 Å². The molecular weight excluding hydrogens is 164 g/mol. The molecule has 1 atom stereocenters. The van der Waals surface area contributed by atoms with Gasteiger partial charge in [0.05, 0.1) is 6.10 Å². The van der Waals surface area contributed by atoms with Crippen LogP contribution in [0.5, 0.6) is 0 Å². The van der Waals surface area contributed by atoms with E-state index in [0.29, 0.717) is 24.4 Å². The lowest BCUT2D eigenvalue weighted by Crippen LogP contribution is -2.45. The van der Waals surface area contributed by atoms with Crippen molar-refractivity contribution in [3.05, 3.63) is 0 Å². The maximum Gasteiger partial charge on any atom is 0.0546 e. The third-order valence-corrected chi connectivity index (χ3v) is 2.94. The van der Waals surface area contributed by atoms with Crippen molar-refractivity contribution >= 4 is 0 Å². The molecule has 0 amide bonds. The van der Waals surface area contributed by atoms with Gasteiger partial charge >= 0.3 is 0 Å². The van der Waals surface area contributed by atoms with E-state index in [9.17, 15) is 0 Å². The van der Waals surface area contributed by atoms with Crippen molar-refractivity contribution in [3.63, 3.8) is 0 Å². The van der Waals surface area contributed by atoms with E-state index in [4.69, 9.17) is 10.8 Å². The van der Waals surface area contributed by atoms with Crippen LogP contribution < -0.4 is 11.1 Å². The summed E-state index contributed by atoms with van der Waals surface area (Å²) in [6, 6.07) is 0.428. The predicted molar refractivity (Wildman–Crippen MR) is 54.4 cm³/mol. The Balaban J connectivity index is 2.10. The van der Waals surface area contributed by atoms with Crippen LogP contribution in [-0.4, -0.2) is 30.3 Å². The summed E-state index contributed by atoms with van der Waals surface area (Å²) in [4.78, 5) is 0. The minimum Gasteiger partial charge on any atom is -0.393 e. The monoisotopic (exact) mass is 186 g/mol. The molecule has 13 heavy (non-hydrogen) atoms. The van der Waals surface area contributed by atoms with E-state index in [-0.39, 0.29) is 6.10 Å². The van der Waals surface area contributed by atoms with Crippen LogP contribution in [0.3, 0.4) is 0 Å². The number of hydrogen-bond donors (Lipinski definition) is 3. The first-order chi connectivity index (χ1) is 6.13. The first kappa shape index (κ1) is 11.0. The van der Waals surface area contributed by atoms with Gasteiger partial charge in [0, 0.05) is 12.6 Å². The highest BCUT2D eigenvalue weighted by Gasteiger charge is 2.27. The fourth-order valence-electron chi connectivity index (χ4n) is 1.78. The highest BCUT2D eigenvalue weighted by molar-refractivity contribution is 4.82. The number of nitrogens with two attached hydrogens (primary N) is 1. The molecule has 78 valence electrons. The van der Waals surface area contributed by atoms with Gasteiger partial charge < -0.3 is 16.2 Å². The Bertz CT molecular complexity index is 144. The van der Waals surface area contributed by atoms with Crippen LogP contribution in [-0.2, 0) is 0 Å². The van der Waals surface area contributed by atoms with Gasteiger partial charge in [0.25, 0.3) is 0 Å². The second-order valence-corrected chi connectivity index (χ2v) is 4.49. The number of nitrogens with one attached hydrogen (secondary N) is 1. The van der Waals surface area contributed by atoms with Gasteiger partial charge in [-0.2, -0.15) is 0 Å². The molecule has 0 aliphatic heterocycles. The van der Waals surface area contributed by atoms with Gasteiger partial charge in [-0.05, 0) is 31.2 Å². The fourth-order valence-corrected chi connectivity index (χ4v) is 1.78. The molecule has 1 fully saturated rings. The number of hydrogen-bond acceptors (Lipinski definition) is 3. The van der Waals surface area contributed by atoms with E-state index in [1.807, 2.05) is 0 Å². The highest BCUT2D eigenvalue weighted by atomic mass is 16.3. The molecule has 1 aliphatic rings. The van der Waals surface area contributed by atoms with E-state index in [0.717, 1.165) is 19.4 Å². The van der Waals surface area contributed by atoms with Gasteiger partial charge in [0.1, 0.15) is 0 Å². The summed E-state index contributed by atoms with van der Waals surface area (Å²) in [6.07, 6.45) is 1.88. The van der Waals surface area contributed by atoms with E-state index < -0.39 is 0 Å². The Morgan fingerprint density at radius 2 is 2.08 bits per heavy atom. The Labute approximate surface area is 80.7 Å². The zero-order chi connectivity index (χ0) is 9.84. The van der Waals surface area contributed by atoms with Gasteiger partial charge in [0.15, 0.2) is 0 Å². The lowest BCUT2D eigenvalue weighted by atomic mass is 9.82. The van der Waals surface area contributed by atoms with Crippen LogP contribution in [0.25, 0.3) is 0 Å². The van der Waals surface area contributed by atoms with Gasteiger partial charge in [-0.25, -0.2) is 0 Å². The van der Waals surface area contributed by atoms with Crippen LogP contribution in [0.2, 0.25) is 0 Å². The summed E-state index contributed by atoms with van der Waals surface area (Å²) in [7, 11) is 0. The average Bonchev–Trinajstić information content (AvgIpc) is 2.01. The first-order valence-corrected chi connectivity index (χ1v) is 5.25. The van der Waals surface area contributed by atoms with Gasteiger partial charge in [-0.3, -0.25) is 0 Å². The molecular formula is C10H22N2O. The van der Waals surface area contributed by atoms with Crippen LogP contribution in [0.15, 0.2) is 0 Å². The average molecular weight is 186 g/mol. The molecule has 0 aromatic rings. The Morgan fingerprint density at radius 3 is 2.46 bits per heavy atom. The molecule has 1 saturated carbocycles. The number of aliphatic hydroxyl groups is 1. The topological polar surface area (TPSA) is 58.3 Å². The maximum absolute atomic E-state index is 9.10. The summed E-state index contributed by atoms with van der Waals surface area (Å²) in [5.41, 5.74) is 5.63. The van der Waals surface area contributed by atoms with E-state index in [1.165, 1.54) is 0 Å². The quantitative estimate of drug-likeness (QED) is 0.580. The predicted octanol–water partition coefficient (Wildman–Crippen LogP) is 0.330. The molecule has 0 radical (unpaired) electrons.